The Balaban J connectivity index is 1.82. The van der Waals surface area contributed by atoms with Crippen molar-refractivity contribution >= 4 is 11.5 Å². The number of hydrogen-bond acceptors (Lipinski definition) is 5. The number of ether oxygens (including phenoxy) is 1. The summed E-state index contributed by atoms with van der Waals surface area (Å²) in [5.74, 6) is 0.535. The molecule has 122 valence electrons. The molecule has 7 nitrogen and oxygen atoms in total. The van der Waals surface area contributed by atoms with Gasteiger partial charge in [-0.2, -0.15) is 5.10 Å². The highest BCUT2D eigenvalue weighted by Gasteiger charge is 2.59. The molecule has 7 heteroatoms. The quantitative estimate of drug-likeness (QED) is 0.645. The molecule has 2 saturated carbocycles. The Kier molecular flexibility index (Phi) is 3.84. The van der Waals surface area contributed by atoms with Gasteiger partial charge in [-0.25, -0.2) is 4.68 Å². The van der Waals surface area contributed by atoms with Gasteiger partial charge in [-0.05, 0) is 32.6 Å². The molecule has 2 aliphatic rings. The fourth-order valence-corrected chi connectivity index (χ4v) is 3.97. The highest BCUT2D eigenvalue weighted by atomic mass is 16.6. The molecule has 2 unspecified atom stereocenters. The number of aryl methyl sites for hydroxylation is 2. The number of rotatable bonds is 6. The van der Waals surface area contributed by atoms with Crippen molar-refractivity contribution in [2.75, 3.05) is 11.9 Å². The molecule has 2 fully saturated rings. The van der Waals surface area contributed by atoms with Crippen LogP contribution in [-0.4, -0.2) is 33.5 Å². The van der Waals surface area contributed by atoms with Crippen molar-refractivity contribution in [3.8, 4) is 0 Å². The van der Waals surface area contributed by atoms with Gasteiger partial charge >= 0.3 is 5.69 Å². The van der Waals surface area contributed by atoms with Crippen molar-refractivity contribution in [1.82, 2.24) is 9.78 Å². The first-order valence-electron chi connectivity index (χ1n) is 8.11. The Labute approximate surface area is 130 Å². The predicted octanol–water partition coefficient (Wildman–Crippen LogP) is 2.65. The summed E-state index contributed by atoms with van der Waals surface area (Å²) in [7, 11) is 1.76. The lowest BCUT2D eigenvalue weighted by Crippen LogP contribution is -2.64. The number of nitro groups is 1. The molecule has 1 spiro atoms. The van der Waals surface area contributed by atoms with Crippen LogP contribution in [0.3, 0.4) is 0 Å². The molecule has 3 rings (SSSR count). The highest BCUT2D eigenvalue weighted by molar-refractivity contribution is 5.61. The Hall–Kier alpha value is -1.63. The third-order valence-corrected chi connectivity index (χ3v) is 5.36. The van der Waals surface area contributed by atoms with Crippen molar-refractivity contribution in [3.05, 3.63) is 15.8 Å². The zero-order chi connectivity index (χ0) is 15.9. The van der Waals surface area contributed by atoms with Crippen LogP contribution in [0.25, 0.3) is 0 Å². The number of hydrogen-bond donors (Lipinski definition) is 1. The Morgan fingerprint density at radius 2 is 2.23 bits per heavy atom. The van der Waals surface area contributed by atoms with Crippen LogP contribution in [0, 0.1) is 15.5 Å². The first-order chi connectivity index (χ1) is 10.5. The fraction of sp³-hybridized carbons (Fsp3) is 0.800. The van der Waals surface area contributed by atoms with Crippen LogP contribution in [0.2, 0.25) is 0 Å². The summed E-state index contributed by atoms with van der Waals surface area (Å²) in [6.07, 6.45) is 5.26. The van der Waals surface area contributed by atoms with Gasteiger partial charge in [0.2, 0.25) is 5.82 Å². The van der Waals surface area contributed by atoms with Crippen LogP contribution in [0.4, 0.5) is 11.5 Å². The normalized spacial score (nSPS) is 25.6. The molecular formula is C15H24N4O3. The smallest absolute Gasteiger partial charge is 0.333 e. The van der Waals surface area contributed by atoms with Gasteiger partial charge in [-0.15, -0.1) is 0 Å². The molecular weight excluding hydrogens is 284 g/mol. The summed E-state index contributed by atoms with van der Waals surface area (Å²) < 4.78 is 7.45. The lowest BCUT2D eigenvalue weighted by Gasteiger charge is -2.61. The molecule has 2 aliphatic carbocycles. The van der Waals surface area contributed by atoms with Gasteiger partial charge < -0.3 is 10.1 Å². The van der Waals surface area contributed by atoms with Crippen molar-refractivity contribution in [2.24, 2.45) is 12.5 Å². The van der Waals surface area contributed by atoms with E-state index in [1.54, 1.807) is 11.7 Å². The van der Waals surface area contributed by atoms with E-state index in [1.165, 1.54) is 6.42 Å². The lowest BCUT2D eigenvalue weighted by molar-refractivity contribution is -0.384. The maximum Gasteiger partial charge on any atom is 0.333 e. The predicted molar refractivity (Wildman–Crippen MR) is 83.0 cm³/mol. The summed E-state index contributed by atoms with van der Waals surface area (Å²) >= 11 is 0. The SMILES string of the molecule is CCOC1CC(Nc2c([N+](=O)[O-])c(CC)nn2C)C12CCC2. The van der Waals surface area contributed by atoms with Crippen molar-refractivity contribution in [2.45, 2.75) is 58.1 Å². The van der Waals surface area contributed by atoms with E-state index in [2.05, 4.69) is 10.4 Å². The molecule has 0 aromatic carbocycles. The first kappa shape index (κ1) is 15.3. The first-order valence-corrected chi connectivity index (χ1v) is 8.11. The molecule has 0 amide bonds. The van der Waals surface area contributed by atoms with Gasteiger partial charge in [0.15, 0.2) is 0 Å². The Morgan fingerprint density at radius 3 is 2.73 bits per heavy atom. The average Bonchev–Trinajstić information content (AvgIpc) is 2.72. The molecule has 1 aromatic heterocycles. The van der Waals surface area contributed by atoms with Crippen LogP contribution in [0.5, 0.6) is 0 Å². The van der Waals surface area contributed by atoms with E-state index in [9.17, 15) is 10.1 Å². The molecule has 1 heterocycles. The molecule has 0 aliphatic heterocycles. The van der Waals surface area contributed by atoms with Gasteiger partial charge in [0.25, 0.3) is 0 Å². The summed E-state index contributed by atoms with van der Waals surface area (Å²) in [5.41, 5.74) is 0.832. The van der Waals surface area contributed by atoms with Gasteiger partial charge in [-0.1, -0.05) is 13.3 Å². The van der Waals surface area contributed by atoms with Crippen LogP contribution >= 0.6 is 0 Å². The van der Waals surface area contributed by atoms with E-state index >= 15 is 0 Å². The Bertz CT molecular complexity index is 580. The minimum absolute atomic E-state index is 0.124. The molecule has 0 bridgehead atoms. The third-order valence-electron chi connectivity index (χ3n) is 5.36. The van der Waals surface area contributed by atoms with Gasteiger partial charge in [-0.3, -0.25) is 10.1 Å². The number of aromatic nitrogens is 2. The van der Waals surface area contributed by atoms with Crippen molar-refractivity contribution in [1.29, 1.82) is 0 Å². The van der Waals surface area contributed by atoms with Gasteiger partial charge in [0.05, 0.1) is 11.0 Å². The van der Waals surface area contributed by atoms with Crippen LogP contribution in [-0.2, 0) is 18.2 Å². The fourth-order valence-electron chi connectivity index (χ4n) is 3.97. The summed E-state index contributed by atoms with van der Waals surface area (Å²) in [5, 5.41) is 19.1. The summed E-state index contributed by atoms with van der Waals surface area (Å²) in [6, 6.07) is 0.247. The second-order valence-corrected chi connectivity index (χ2v) is 6.34. The second-order valence-electron chi connectivity index (χ2n) is 6.34. The third kappa shape index (κ3) is 2.10. The lowest BCUT2D eigenvalue weighted by atomic mass is 9.51. The topological polar surface area (TPSA) is 82.2 Å². The molecule has 1 N–H and O–H groups in total. The number of anilines is 1. The maximum atomic E-state index is 11.4. The van der Waals surface area contributed by atoms with Crippen LogP contribution in [0.1, 0.15) is 45.2 Å². The minimum atomic E-state index is -0.319. The zero-order valence-electron chi connectivity index (χ0n) is 13.5. The largest absolute Gasteiger partial charge is 0.378 e. The van der Waals surface area contributed by atoms with Gasteiger partial charge in [0.1, 0.15) is 5.69 Å². The minimum Gasteiger partial charge on any atom is -0.378 e. The van der Waals surface area contributed by atoms with E-state index < -0.39 is 0 Å². The molecule has 0 radical (unpaired) electrons. The van der Waals surface area contributed by atoms with Gasteiger partial charge in [0, 0.05) is 25.1 Å². The van der Waals surface area contributed by atoms with E-state index in [-0.39, 0.29) is 22.1 Å². The van der Waals surface area contributed by atoms with E-state index in [4.69, 9.17) is 4.74 Å². The second kappa shape index (κ2) is 5.53. The van der Waals surface area contributed by atoms with E-state index in [0.29, 0.717) is 24.0 Å². The van der Waals surface area contributed by atoms with E-state index in [1.807, 2.05) is 13.8 Å². The van der Waals surface area contributed by atoms with Crippen molar-refractivity contribution in [3.63, 3.8) is 0 Å². The molecule has 2 atom stereocenters. The number of nitrogens with one attached hydrogen (secondary N) is 1. The monoisotopic (exact) mass is 308 g/mol. The number of nitrogens with zero attached hydrogens (tertiary/aromatic N) is 3. The molecule has 22 heavy (non-hydrogen) atoms. The zero-order valence-corrected chi connectivity index (χ0v) is 13.5. The van der Waals surface area contributed by atoms with Crippen molar-refractivity contribution < 1.29 is 9.66 Å². The molecule has 1 aromatic rings. The highest BCUT2D eigenvalue weighted by Crippen LogP contribution is 2.58. The Morgan fingerprint density at radius 1 is 1.50 bits per heavy atom. The standard InChI is InChI=1S/C15H24N4O3/c1-4-10-13(19(20)21)14(18(3)17-10)16-11-9-12(22-5-2)15(11)7-6-8-15/h11-12,16H,4-9H2,1-3H3. The maximum absolute atomic E-state index is 11.4. The van der Waals surface area contributed by atoms with Crippen LogP contribution < -0.4 is 5.32 Å². The van der Waals surface area contributed by atoms with Crippen LogP contribution in [0.15, 0.2) is 0 Å². The summed E-state index contributed by atoms with van der Waals surface area (Å²) in [4.78, 5) is 11.1. The molecule has 0 saturated heterocycles. The van der Waals surface area contributed by atoms with E-state index in [0.717, 1.165) is 25.9 Å². The summed E-state index contributed by atoms with van der Waals surface area (Å²) in [6.45, 7) is 4.64. The average molecular weight is 308 g/mol.